The zero-order valence-electron chi connectivity index (χ0n) is 19.5. The van der Waals surface area contributed by atoms with Crippen molar-refractivity contribution < 1.29 is 13.2 Å². The van der Waals surface area contributed by atoms with Gasteiger partial charge in [-0.25, -0.2) is 8.42 Å². The minimum Gasteiger partial charge on any atom is -0.276 e. The van der Waals surface area contributed by atoms with Gasteiger partial charge < -0.3 is 0 Å². The number of allylic oxidation sites excluding steroid dienone is 9. The molecule has 0 unspecified atom stereocenters. The normalized spacial score (nSPS) is 18.3. The van der Waals surface area contributed by atoms with Crippen LogP contribution in [-0.4, -0.2) is 13.5 Å². The van der Waals surface area contributed by atoms with E-state index in [4.69, 9.17) is 0 Å². The first-order valence-corrected chi connectivity index (χ1v) is 12.2. The standard InChI is InChI=1S/C27H34O3S/c1-20(14-17-25-23(4)11-8-18-27(25,5)6)9-7-10-22(3)19-26(28)31(29,30)24-15-12-21(2)13-16-24/h7,9-10,12-17,19H,8,11,18H2,1-6H3/b10-7+,17-14+,20-9+,22-19+. The summed E-state index contributed by atoms with van der Waals surface area (Å²) in [7, 11) is -4.01. The molecule has 0 aromatic heterocycles. The fourth-order valence-electron chi connectivity index (χ4n) is 3.78. The molecule has 0 N–H and O–H groups in total. The van der Waals surface area contributed by atoms with E-state index < -0.39 is 15.0 Å². The third kappa shape index (κ3) is 6.76. The highest BCUT2D eigenvalue weighted by atomic mass is 32.2. The van der Waals surface area contributed by atoms with Gasteiger partial charge in [-0.2, -0.15) is 0 Å². The fourth-order valence-corrected chi connectivity index (χ4v) is 4.85. The Bertz CT molecular complexity index is 1070. The lowest BCUT2D eigenvalue weighted by Gasteiger charge is -2.32. The molecule has 1 aromatic carbocycles. The summed E-state index contributed by atoms with van der Waals surface area (Å²) in [6, 6.07) is 6.29. The molecule has 0 spiro atoms. The lowest BCUT2D eigenvalue weighted by Crippen LogP contribution is -2.19. The molecule has 0 aliphatic heterocycles. The molecule has 4 heteroatoms. The minimum atomic E-state index is -4.01. The zero-order valence-corrected chi connectivity index (χ0v) is 20.3. The first-order chi connectivity index (χ1) is 14.4. The van der Waals surface area contributed by atoms with E-state index in [0.717, 1.165) is 17.6 Å². The van der Waals surface area contributed by atoms with Gasteiger partial charge in [-0.15, -0.1) is 0 Å². The summed E-state index contributed by atoms with van der Waals surface area (Å²) in [5.41, 5.74) is 5.69. The summed E-state index contributed by atoms with van der Waals surface area (Å²) in [5, 5.41) is -0.902. The van der Waals surface area contributed by atoms with Gasteiger partial charge in [0.25, 0.3) is 5.12 Å². The molecule has 0 amide bonds. The van der Waals surface area contributed by atoms with Crippen molar-refractivity contribution in [2.45, 2.75) is 65.7 Å². The maximum atomic E-state index is 12.4. The Morgan fingerprint density at radius 3 is 2.26 bits per heavy atom. The van der Waals surface area contributed by atoms with Crippen LogP contribution in [0.15, 0.2) is 87.9 Å². The molecular weight excluding hydrogens is 404 g/mol. The van der Waals surface area contributed by atoms with E-state index in [1.54, 1.807) is 25.1 Å². The Morgan fingerprint density at radius 2 is 1.65 bits per heavy atom. The van der Waals surface area contributed by atoms with Crippen LogP contribution >= 0.6 is 0 Å². The van der Waals surface area contributed by atoms with Gasteiger partial charge >= 0.3 is 0 Å². The van der Waals surface area contributed by atoms with E-state index >= 15 is 0 Å². The van der Waals surface area contributed by atoms with Gasteiger partial charge in [-0.1, -0.05) is 73.1 Å². The lowest BCUT2D eigenvalue weighted by atomic mass is 9.72. The van der Waals surface area contributed by atoms with Crippen LogP contribution in [0.4, 0.5) is 0 Å². The highest BCUT2D eigenvalue weighted by Gasteiger charge is 2.26. The monoisotopic (exact) mass is 438 g/mol. The zero-order chi connectivity index (χ0) is 23.2. The second-order valence-electron chi connectivity index (χ2n) is 9.06. The van der Waals surface area contributed by atoms with Crippen LogP contribution in [0.5, 0.6) is 0 Å². The van der Waals surface area contributed by atoms with Crippen LogP contribution in [0.25, 0.3) is 0 Å². The molecule has 0 saturated carbocycles. The van der Waals surface area contributed by atoms with Crippen LogP contribution < -0.4 is 0 Å². The van der Waals surface area contributed by atoms with Crippen molar-refractivity contribution in [3.05, 3.63) is 88.6 Å². The lowest BCUT2D eigenvalue weighted by molar-refractivity contribution is -0.107. The van der Waals surface area contributed by atoms with Crippen molar-refractivity contribution in [1.29, 1.82) is 0 Å². The quantitative estimate of drug-likeness (QED) is 0.361. The van der Waals surface area contributed by atoms with E-state index in [0.29, 0.717) is 5.57 Å². The van der Waals surface area contributed by atoms with E-state index in [-0.39, 0.29) is 10.3 Å². The SMILES string of the molecule is CC1=C(/C=C/C(C)=C/C=C/C(C)=C/C(=O)S(=O)(=O)c2ccc(C)cc2)C(C)(C)CCC1. The maximum absolute atomic E-state index is 12.4. The number of hydrogen-bond donors (Lipinski definition) is 0. The van der Waals surface area contributed by atoms with Gasteiger partial charge in [-0.05, 0) is 75.7 Å². The number of carbonyl (C=O) groups is 1. The smallest absolute Gasteiger partial charge is 0.274 e. The van der Waals surface area contributed by atoms with Crippen molar-refractivity contribution in [2.24, 2.45) is 5.41 Å². The summed E-state index contributed by atoms with van der Waals surface area (Å²) in [5.74, 6) is 0. The number of aryl methyl sites for hydroxylation is 1. The Hall–Kier alpha value is -2.46. The summed E-state index contributed by atoms with van der Waals surface area (Å²) < 4.78 is 24.9. The van der Waals surface area contributed by atoms with E-state index in [2.05, 4.69) is 32.9 Å². The molecule has 3 nitrogen and oxygen atoms in total. The Balaban J connectivity index is 2.08. The average Bonchev–Trinajstić information content (AvgIpc) is 2.67. The number of sulfone groups is 1. The summed E-state index contributed by atoms with van der Waals surface area (Å²) >= 11 is 0. The molecule has 0 atom stereocenters. The van der Waals surface area contributed by atoms with Gasteiger partial charge in [0, 0.05) is 6.08 Å². The van der Waals surface area contributed by atoms with Crippen LogP contribution in [0, 0.1) is 12.3 Å². The minimum absolute atomic E-state index is 0.0206. The molecule has 166 valence electrons. The molecule has 1 aliphatic carbocycles. The van der Waals surface area contributed by atoms with E-state index in [1.807, 2.05) is 26.0 Å². The summed E-state index contributed by atoms with van der Waals surface area (Å²) in [6.07, 6.45) is 14.7. The summed E-state index contributed by atoms with van der Waals surface area (Å²) in [6.45, 7) is 12.4. The molecule has 0 heterocycles. The highest BCUT2D eigenvalue weighted by Crippen LogP contribution is 2.40. The average molecular weight is 439 g/mol. The van der Waals surface area contributed by atoms with Crippen LogP contribution in [0.1, 0.15) is 59.4 Å². The van der Waals surface area contributed by atoms with Crippen LogP contribution in [0.3, 0.4) is 0 Å². The maximum Gasteiger partial charge on any atom is 0.274 e. The van der Waals surface area contributed by atoms with E-state index in [1.165, 1.54) is 42.2 Å². The number of benzene rings is 1. The van der Waals surface area contributed by atoms with Crippen molar-refractivity contribution in [3.63, 3.8) is 0 Å². The van der Waals surface area contributed by atoms with Crippen molar-refractivity contribution >= 4 is 15.0 Å². The van der Waals surface area contributed by atoms with E-state index in [9.17, 15) is 13.2 Å². The van der Waals surface area contributed by atoms with Crippen molar-refractivity contribution in [3.8, 4) is 0 Å². The summed E-state index contributed by atoms with van der Waals surface area (Å²) in [4.78, 5) is 12.3. The van der Waals surface area contributed by atoms with Gasteiger partial charge in [0.2, 0.25) is 9.84 Å². The van der Waals surface area contributed by atoms with Crippen molar-refractivity contribution in [2.75, 3.05) is 0 Å². The molecule has 31 heavy (non-hydrogen) atoms. The predicted octanol–water partition coefficient (Wildman–Crippen LogP) is 6.83. The number of rotatable bonds is 6. The molecule has 0 bridgehead atoms. The molecule has 1 aromatic rings. The van der Waals surface area contributed by atoms with Gasteiger partial charge in [0.15, 0.2) is 0 Å². The third-order valence-corrected chi connectivity index (χ3v) is 7.26. The second kappa shape index (κ2) is 10.2. The number of hydrogen-bond acceptors (Lipinski definition) is 3. The second-order valence-corrected chi connectivity index (χ2v) is 10.9. The largest absolute Gasteiger partial charge is 0.276 e. The molecule has 0 radical (unpaired) electrons. The first kappa shape index (κ1) is 24.8. The van der Waals surface area contributed by atoms with Crippen LogP contribution in [-0.2, 0) is 14.6 Å². The Morgan fingerprint density at radius 1 is 1.00 bits per heavy atom. The molecular formula is C27H34O3S. The topological polar surface area (TPSA) is 51.2 Å². The van der Waals surface area contributed by atoms with Gasteiger partial charge in [-0.3, -0.25) is 4.79 Å². The van der Waals surface area contributed by atoms with Crippen LogP contribution in [0.2, 0.25) is 0 Å². The first-order valence-electron chi connectivity index (χ1n) is 10.7. The highest BCUT2D eigenvalue weighted by molar-refractivity contribution is 8.06. The van der Waals surface area contributed by atoms with Crippen molar-refractivity contribution in [1.82, 2.24) is 0 Å². The van der Waals surface area contributed by atoms with Gasteiger partial charge in [0.05, 0.1) is 4.90 Å². The van der Waals surface area contributed by atoms with Gasteiger partial charge in [0.1, 0.15) is 0 Å². The fraction of sp³-hybridized carbons (Fsp3) is 0.370. The molecule has 0 fully saturated rings. The predicted molar refractivity (Wildman–Crippen MR) is 129 cm³/mol. The Labute approximate surface area is 187 Å². The molecule has 0 saturated heterocycles. The Kier molecular flexibility index (Phi) is 8.19. The molecule has 2 rings (SSSR count). The molecule has 1 aliphatic rings. The third-order valence-electron chi connectivity index (χ3n) is 5.72. The number of carbonyl (C=O) groups excluding carboxylic acids is 1.